The summed E-state index contributed by atoms with van der Waals surface area (Å²) in [7, 11) is 0. The van der Waals surface area contributed by atoms with Gasteiger partial charge in [0.1, 0.15) is 0 Å². The molecule has 0 heterocycles. The Morgan fingerprint density at radius 1 is 1.07 bits per heavy atom. The first-order valence-electron chi connectivity index (χ1n) is 5.98. The minimum Gasteiger partial charge on any atom is -0.324 e. The van der Waals surface area contributed by atoms with Crippen LogP contribution in [-0.4, -0.2) is 0 Å². The second kappa shape index (κ2) is 5.92. The van der Waals surface area contributed by atoms with Crippen molar-refractivity contribution in [1.82, 2.24) is 0 Å². The average Bonchev–Trinajstić information content (AvgIpc) is 2.26. The Balaban J connectivity index is 2.54. The molecule has 15 heavy (non-hydrogen) atoms. The number of rotatable bonds is 5. The SMILES string of the molecule is CCc1ccc(C(N)CCC(C)C)cc1. The molecule has 2 N–H and O–H groups in total. The number of benzene rings is 1. The van der Waals surface area contributed by atoms with Crippen LogP contribution in [0, 0.1) is 5.92 Å². The Kier molecular flexibility index (Phi) is 4.83. The zero-order valence-corrected chi connectivity index (χ0v) is 10.2. The molecular formula is C14H23N. The molecule has 1 heteroatoms. The normalized spacial score (nSPS) is 13.1. The minimum atomic E-state index is 0.207. The highest BCUT2D eigenvalue weighted by molar-refractivity contribution is 5.24. The van der Waals surface area contributed by atoms with E-state index in [9.17, 15) is 0 Å². The fourth-order valence-electron chi connectivity index (χ4n) is 1.68. The third kappa shape index (κ3) is 4.05. The third-order valence-corrected chi connectivity index (χ3v) is 2.87. The standard InChI is InChI=1S/C14H23N/c1-4-12-6-8-13(9-7-12)14(15)10-5-11(2)3/h6-9,11,14H,4-5,10,15H2,1-3H3. The van der Waals surface area contributed by atoms with Crippen LogP contribution in [0.1, 0.15) is 50.8 Å². The molecule has 0 saturated heterocycles. The second-order valence-corrected chi connectivity index (χ2v) is 4.67. The minimum absolute atomic E-state index is 0.207. The quantitative estimate of drug-likeness (QED) is 0.779. The zero-order valence-electron chi connectivity index (χ0n) is 10.2. The van der Waals surface area contributed by atoms with E-state index in [0.717, 1.165) is 18.8 Å². The van der Waals surface area contributed by atoms with Crippen LogP contribution >= 0.6 is 0 Å². The summed E-state index contributed by atoms with van der Waals surface area (Å²) in [6.45, 7) is 6.66. The van der Waals surface area contributed by atoms with Crippen molar-refractivity contribution < 1.29 is 0 Å². The van der Waals surface area contributed by atoms with Gasteiger partial charge in [0.2, 0.25) is 0 Å². The van der Waals surface area contributed by atoms with Crippen molar-refractivity contribution in [2.75, 3.05) is 0 Å². The van der Waals surface area contributed by atoms with E-state index in [1.165, 1.54) is 17.5 Å². The summed E-state index contributed by atoms with van der Waals surface area (Å²) in [6, 6.07) is 8.92. The van der Waals surface area contributed by atoms with E-state index in [-0.39, 0.29) is 6.04 Å². The van der Waals surface area contributed by atoms with Crippen LogP contribution in [0.4, 0.5) is 0 Å². The predicted molar refractivity (Wildman–Crippen MR) is 66.8 cm³/mol. The predicted octanol–water partition coefficient (Wildman–Crippen LogP) is 3.69. The lowest BCUT2D eigenvalue weighted by atomic mass is 9.97. The van der Waals surface area contributed by atoms with E-state index in [0.29, 0.717) is 0 Å². The molecule has 0 aliphatic rings. The first kappa shape index (κ1) is 12.3. The lowest BCUT2D eigenvalue weighted by Gasteiger charge is -2.13. The molecule has 1 nitrogen and oxygen atoms in total. The largest absolute Gasteiger partial charge is 0.324 e. The van der Waals surface area contributed by atoms with Gasteiger partial charge in [-0.1, -0.05) is 45.0 Å². The fraction of sp³-hybridized carbons (Fsp3) is 0.571. The summed E-state index contributed by atoms with van der Waals surface area (Å²) >= 11 is 0. The van der Waals surface area contributed by atoms with E-state index >= 15 is 0 Å². The molecule has 1 rings (SSSR count). The molecule has 0 bridgehead atoms. The molecule has 0 aliphatic carbocycles. The van der Waals surface area contributed by atoms with Gasteiger partial charge >= 0.3 is 0 Å². The molecule has 0 aromatic heterocycles. The summed E-state index contributed by atoms with van der Waals surface area (Å²) in [5.74, 6) is 0.742. The van der Waals surface area contributed by atoms with Gasteiger partial charge in [-0.05, 0) is 36.3 Å². The molecule has 0 amide bonds. The van der Waals surface area contributed by atoms with Crippen molar-refractivity contribution in [2.45, 2.75) is 46.1 Å². The lowest BCUT2D eigenvalue weighted by Crippen LogP contribution is -2.11. The van der Waals surface area contributed by atoms with E-state index in [1.807, 2.05) is 0 Å². The highest BCUT2D eigenvalue weighted by Gasteiger charge is 2.06. The Bertz CT molecular complexity index is 274. The van der Waals surface area contributed by atoms with Crippen molar-refractivity contribution in [1.29, 1.82) is 0 Å². The van der Waals surface area contributed by atoms with Crippen LogP contribution in [0.3, 0.4) is 0 Å². The Morgan fingerprint density at radius 2 is 1.67 bits per heavy atom. The Morgan fingerprint density at radius 3 is 2.13 bits per heavy atom. The first-order chi connectivity index (χ1) is 7.13. The van der Waals surface area contributed by atoms with Gasteiger partial charge in [-0.15, -0.1) is 0 Å². The maximum absolute atomic E-state index is 6.13. The molecule has 1 aromatic carbocycles. The number of hydrogen-bond acceptors (Lipinski definition) is 1. The zero-order chi connectivity index (χ0) is 11.3. The van der Waals surface area contributed by atoms with E-state index in [4.69, 9.17) is 5.73 Å². The van der Waals surface area contributed by atoms with Gasteiger partial charge in [0.25, 0.3) is 0 Å². The van der Waals surface area contributed by atoms with Crippen LogP contribution in [-0.2, 0) is 6.42 Å². The van der Waals surface area contributed by atoms with E-state index < -0.39 is 0 Å². The van der Waals surface area contributed by atoms with Crippen molar-refractivity contribution in [3.63, 3.8) is 0 Å². The molecule has 0 radical (unpaired) electrons. The number of hydrogen-bond donors (Lipinski definition) is 1. The van der Waals surface area contributed by atoms with Crippen LogP contribution < -0.4 is 5.73 Å². The van der Waals surface area contributed by atoms with Gasteiger partial charge in [-0.3, -0.25) is 0 Å². The molecule has 0 spiro atoms. The highest BCUT2D eigenvalue weighted by Crippen LogP contribution is 2.19. The van der Waals surface area contributed by atoms with Gasteiger partial charge < -0.3 is 5.73 Å². The summed E-state index contributed by atoms with van der Waals surface area (Å²) in [5.41, 5.74) is 8.79. The third-order valence-electron chi connectivity index (χ3n) is 2.87. The highest BCUT2D eigenvalue weighted by atomic mass is 14.6. The van der Waals surface area contributed by atoms with Gasteiger partial charge in [-0.25, -0.2) is 0 Å². The molecule has 1 unspecified atom stereocenters. The lowest BCUT2D eigenvalue weighted by molar-refractivity contribution is 0.507. The topological polar surface area (TPSA) is 26.0 Å². The van der Waals surface area contributed by atoms with Gasteiger partial charge in [0.15, 0.2) is 0 Å². The van der Waals surface area contributed by atoms with Crippen molar-refractivity contribution in [3.8, 4) is 0 Å². The first-order valence-corrected chi connectivity index (χ1v) is 5.98. The Labute approximate surface area is 93.7 Å². The maximum atomic E-state index is 6.13. The second-order valence-electron chi connectivity index (χ2n) is 4.67. The van der Waals surface area contributed by atoms with E-state index in [1.54, 1.807) is 0 Å². The molecule has 84 valence electrons. The summed E-state index contributed by atoms with van der Waals surface area (Å²) < 4.78 is 0. The van der Waals surface area contributed by atoms with Gasteiger partial charge in [0.05, 0.1) is 0 Å². The average molecular weight is 205 g/mol. The molecule has 0 fully saturated rings. The van der Waals surface area contributed by atoms with Crippen molar-refractivity contribution in [3.05, 3.63) is 35.4 Å². The molecule has 1 atom stereocenters. The smallest absolute Gasteiger partial charge is 0.0294 e. The Hall–Kier alpha value is -0.820. The fourth-order valence-corrected chi connectivity index (χ4v) is 1.68. The number of nitrogens with two attached hydrogens (primary N) is 1. The summed E-state index contributed by atoms with van der Waals surface area (Å²) in [4.78, 5) is 0. The molecular weight excluding hydrogens is 182 g/mol. The summed E-state index contributed by atoms with van der Waals surface area (Å²) in [5, 5.41) is 0. The molecule has 0 aliphatic heterocycles. The van der Waals surface area contributed by atoms with Gasteiger partial charge in [0, 0.05) is 6.04 Å². The monoisotopic (exact) mass is 205 g/mol. The van der Waals surface area contributed by atoms with Crippen LogP contribution in [0.15, 0.2) is 24.3 Å². The molecule has 0 saturated carbocycles. The summed E-state index contributed by atoms with van der Waals surface area (Å²) in [6.07, 6.45) is 3.39. The van der Waals surface area contributed by atoms with Crippen molar-refractivity contribution >= 4 is 0 Å². The van der Waals surface area contributed by atoms with E-state index in [2.05, 4.69) is 45.0 Å². The van der Waals surface area contributed by atoms with Crippen LogP contribution in [0.25, 0.3) is 0 Å². The number of aryl methyl sites for hydroxylation is 1. The van der Waals surface area contributed by atoms with Crippen LogP contribution in [0.2, 0.25) is 0 Å². The molecule has 1 aromatic rings. The van der Waals surface area contributed by atoms with Crippen LogP contribution in [0.5, 0.6) is 0 Å². The van der Waals surface area contributed by atoms with Crippen molar-refractivity contribution in [2.24, 2.45) is 11.7 Å². The van der Waals surface area contributed by atoms with Gasteiger partial charge in [-0.2, -0.15) is 0 Å². The maximum Gasteiger partial charge on any atom is 0.0294 e.